The third kappa shape index (κ3) is 7.58. The van der Waals surface area contributed by atoms with Crippen LogP contribution in [0.25, 0.3) is 17.3 Å². The fraction of sp³-hybridized carbons (Fsp3) is 0.500. The molecule has 0 aliphatic rings. The Bertz CT molecular complexity index is 1070. The summed E-state index contributed by atoms with van der Waals surface area (Å²) in [5.74, 6) is -0.189. The lowest BCUT2D eigenvalue weighted by molar-refractivity contribution is 0.0889. The van der Waals surface area contributed by atoms with Crippen LogP contribution in [0.3, 0.4) is 0 Å². The first-order valence-electron chi connectivity index (χ1n) is 11.0. The second kappa shape index (κ2) is 11.2. The molecule has 2 atom stereocenters. The van der Waals surface area contributed by atoms with E-state index in [0.717, 1.165) is 10.6 Å². The Morgan fingerprint density at radius 3 is 2.18 bits per heavy atom. The number of aliphatic hydroxyl groups is 2. The van der Waals surface area contributed by atoms with Crippen molar-refractivity contribution in [1.29, 1.82) is 0 Å². The molecule has 1 aromatic heterocycles. The van der Waals surface area contributed by atoms with Crippen LogP contribution in [0.5, 0.6) is 0 Å². The minimum atomic E-state index is -3.60. The summed E-state index contributed by atoms with van der Waals surface area (Å²) in [6.07, 6.45) is 3.57. The average molecular weight is 480 g/mol. The second-order valence-electron chi connectivity index (χ2n) is 9.01. The molecule has 7 nitrogen and oxygen atoms in total. The minimum Gasteiger partial charge on any atom is -0.393 e. The van der Waals surface area contributed by atoms with Gasteiger partial charge >= 0.3 is 0 Å². The molecule has 9 heteroatoms. The summed E-state index contributed by atoms with van der Waals surface area (Å²) >= 11 is 0. The zero-order valence-corrected chi connectivity index (χ0v) is 20.8. The number of anilines is 1. The van der Waals surface area contributed by atoms with Gasteiger partial charge in [0.05, 0.1) is 29.9 Å². The van der Waals surface area contributed by atoms with Gasteiger partial charge in [-0.05, 0) is 42.5 Å². The van der Waals surface area contributed by atoms with Gasteiger partial charge in [0.2, 0.25) is 16.0 Å². The number of rotatable bonds is 10. The maximum absolute atomic E-state index is 13.5. The van der Waals surface area contributed by atoms with Gasteiger partial charge in [-0.25, -0.2) is 27.1 Å². The van der Waals surface area contributed by atoms with Crippen molar-refractivity contribution in [3.63, 3.8) is 0 Å². The molecule has 0 fully saturated rings. The predicted molar refractivity (Wildman–Crippen MR) is 130 cm³/mol. The first kappa shape index (κ1) is 26.9. The van der Waals surface area contributed by atoms with Gasteiger partial charge in [0.1, 0.15) is 5.82 Å². The summed E-state index contributed by atoms with van der Waals surface area (Å²) in [6, 6.07) is 5.73. The fourth-order valence-corrected chi connectivity index (χ4v) is 3.78. The van der Waals surface area contributed by atoms with Crippen LogP contribution >= 0.6 is 0 Å². The molecule has 0 bridgehead atoms. The van der Waals surface area contributed by atoms with E-state index in [-0.39, 0.29) is 18.3 Å². The molecule has 2 aromatic rings. The molecule has 0 unspecified atom stereocenters. The molecule has 0 radical (unpaired) electrons. The molecule has 0 aliphatic heterocycles. The Labute approximate surface area is 196 Å². The van der Waals surface area contributed by atoms with Crippen LogP contribution in [-0.4, -0.2) is 54.1 Å². The van der Waals surface area contributed by atoms with Crippen molar-refractivity contribution < 1.29 is 23.0 Å². The van der Waals surface area contributed by atoms with Crippen molar-refractivity contribution in [3.05, 3.63) is 47.4 Å². The lowest BCUT2D eigenvalue weighted by Gasteiger charge is -2.20. The van der Waals surface area contributed by atoms with Gasteiger partial charge in [0.25, 0.3) is 0 Å². The highest BCUT2D eigenvalue weighted by Crippen LogP contribution is 2.31. The number of aliphatic hydroxyl groups excluding tert-OH is 2. The molecule has 2 N–H and O–H groups in total. The monoisotopic (exact) mass is 479 g/mol. The largest absolute Gasteiger partial charge is 0.393 e. The molecular formula is C24H34FN3O4S. The van der Waals surface area contributed by atoms with Gasteiger partial charge in [0, 0.05) is 24.6 Å². The van der Waals surface area contributed by atoms with Crippen molar-refractivity contribution in [3.8, 4) is 11.3 Å². The first-order chi connectivity index (χ1) is 15.3. The number of aromatic nitrogens is 2. The highest BCUT2D eigenvalue weighted by atomic mass is 32.2. The molecule has 0 spiro atoms. The highest BCUT2D eigenvalue weighted by Gasteiger charge is 2.22. The summed E-state index contributed by atoms with van der Waals surface area (Å²) in [6.45, 7) is 7.84. The normalized spacial score (nSPS) is 14.3. The molecule has 0 aliphatic carbocycles. The van der Waals surface area contributed by atoms with E-state index >= 15 is 0 Å². The van der Waals surface area contributed by atoms with E-state index in [1.165, 1.54) is 19.2 Å². The quantitative estimate of drug-likeness (QED) is 0.534. The van der Waals surface area contributed by atoms with Gasteiger partial charge in [-0.15, -0.1) is 0 Å². The molecule has 0 amide bonds. The van der Waals surface area contributed by atoms with Crippen LogP contribution in [-0.2, 0) is 10.0 Å². The summed E-state index contributed by atoms with van der Waals surface area (Å²) in [4.78, 5) is 8.99. The smallest absolute Gasteiger partial charge is 0.239 e. The number of hydrogen-bond acceptors (Lipinski definition) is 6. The molecule has 0 saturated heterocycles. The zero-order valence-electron chi connectivity index (χ0n) is 20.0. The van der Waals surface area contributed by atoms with Crippen molar-refractivity contribution in [2.24, 2.45) is 5.92 Å². The minimum absolute atomic E-state index is 0.00517. The van der Waals surface area contributed by atoms with Crippen LogP contribution in [0.2, 0.25) is 0 Å². The van der Waals surface area contributed by atoms with Crippen LogP contribution in [0.4, 0.5) is 10.3 Å². The topological polar surface area (TPSA) is 104 Å². The van der Waals surface area contributed by atoms with E-state index in [1.807, 2.05) is 27.7 Å². The van der Waals surface area contributed by atoms with Crippen LogP contribution in [0, 0.1) is 11.7 Å². The van der Waals surface area contributed by atoms with E-state index in [2.05, 4.69) is 9.97 Å². The Morgan fingerprint density at radius 2 is 1.67 bits per heavy atom. The van der Waals surface area contributed by atoms with Gasteiger partial charge in [-0.3, -0.25) is 0 Å². The van der Waals surface area contributed by atoms with E-state index in [0.29, 0.717) is 34.9 Å². The van der Waals surface area contributed by atoms with Crippen molar-refractivity contribution in [2.45, 2.75) is 58.7 Å². The van der Waals surface area contributed by atoms with Crippen molar-refractivity contribution in [1.82, 2.24) is 9.97 Å². The molecule has 33 heavy (non-hydrogen) atoms. The SMILES string of the molecule is CC(C)C[C@H](O)C[C@H](O)/C=C/c1c(-c2ccc(F)cc2)nc(N(C)S(C)(=O)=O)nc1C(C)C. The number of nitrogens with zero attached hydrogens (tertiary/aromatic N) is 3. The lowest BCUT2D eigenvalue weighted by Crippen LogP contribution is -2.27. The van der Waals surface area contributed by atoms with E-state index < -0.39 is 28.0 Å². The number of halogens is 1. The van der Waals surface area contributed by atoms with Gasteiger partial charge in [-0.1, -0.05) is 39.8 Å². The van der Waals surface area contributed by atoms with E-state index in [4.69, 9.17) is 0 Å². The zero-order chi connectivity index (χ0) is 24.9. The number of sulfonamides is 1. The Kier molecular flexibility index (Phi) is 9.11. The maximum atomic E-state index is 13.5. The maximum Gasteiger partial charge on any atom is 0.239 e. The summed E-state index contributed by atoms with van der Waals surface area (Å²) in [7, 11) is -2.23. The summed E-state index contributed by atoms with van der Waals surface area (Å²) in [5, 5.41) is 20.6. The van der Waals surface area contributed by atoms with Crippen LogP contribution < -0.4 is 4.31 Å². The van der Waals surface area contributed by atoms with E-state index in [1.54, 1.807) is 24.3 Å². The highest BCUT2D eigenvalue weighted by molar-refractivity contribution is 7.92. The molecule has 2 rings (SSSR count). The van der Waals surface area contributed by atoms with Crippen LogP contribution in [0.15, 0.2) is 30.3 Å². The Morgan fingerprint density at radius 1 is 1.06 bits per heavy atom. The number of benzene rings is 1. The molecule has 0 saturated carbocycles. The average Bonchev–Trinajstić information content (AvgIpc) is 2.70. The Hall–Kier alpha value is -2.36. The second-order valence-corrected chi connectivity index (χ2v) is 11.0. The lowest BCUT2D eigenvalue weighted by atomic mass is 9.96. The van der Waals surface area contributed by atoms with Gasteiger partial charge in [-0.2, -0.15) is 0 Å². The first-order valence-corrected chi connectivity index (χ1v) is 12.8. The standard InChI is InChI=1S/C24H34FN3O4S/c1-15(2)13-20(30)14-19(29)11-12-21-22(16(3)4)26-24(28(5)33(6,31)32)27-23(21)17-7-9-18(25)10-8-17/h7-12,15-16,19-20,29-30H,13-14H2,1-6H3/b12-11+/t19-,20+/m1/s1. The molecular weight excluding hydrogens is 445 g/mol. The Balaban J connectivity index is 2.60. The third-order valence-electron chi connectivity index (χ3n) is 5.15. The predicted octanol–water partition coefficient (Wildman–Crippen LogP) is 3.97. The van der Waals surface area contributed by atoms with Crippen molar-refractivity contribution >= 4 is 22.0 Å². The number of hydrogen-bond donors (Lipinski definition) is 2. The third-order valence-corrected chi connectivity index (χ3v) is 6.31. The fourth-order valence-electron chi connectivity index (χ4n) is 3.40. The van der Waals surface area contributed by atoms with E-state index in [9.17, 15) is 23.0 Å². The molecule has 182 valence electrons. The van der Waals surface area contributed by atoms with Crippen LogP contribution in [0.1, 0.15) is 57.7 Å². The summed E-state index contributed by atoms with van der Waals surface area (Å²) < 4.78 is 38.8. The van der Waals surface area contributed by atoms with Gasteiger partial charge in [0.15, 0.2) is 0 Å². The molecule has 1 heterocycles. The molecule has 1 aromatic carbocycles. The van der Waals surface area contributed by atoms with Crippen molar-refractivity contribution in [2.75, 3.05) is 17.6 Å². The van der Waals surface area contributed by atoms with Gasteiger partial charge < -0.3 is 10.2 Å². The summed E-state index contributed by atoms with van der Waals surface area (Å²) in [5.41, 5.74) is 2.18.